The molecular weight excluding hydrogens is 458 g/mol. The molecule has 2 heterocycles. The molecule has 1 amide bonds. The second-order valence-corrected chi connectivity index (χ2v) is 9.18. The van der Waals surface area contributed by atoms with Gasteiger partial charge in [0.15, 0.2) is 5.82 Å². The number of tetrazole rings is 1. The van der Waals surface area contributed by atoms with Crippen LogP contribution in [0.5, 0.6) is 5.75 Å². The molecule has 190 valence electrons. The van der Waals surface area contributed by atoms with E-state index in [-0.39, 0.29) is 5.91 Å². The molecule has 9 heteroatoms. The number of fused-ring (bicyclic) bond motifs is 1. The van der Waals surface area contributed by atoms with Gasteiger partial charge in [0.05, 0.1) is 18.2 Å². The second kappa shape index (κ2) is 12.8. The number of hydrogen-bond donors (Lipinski definition) is 2. The van der Waals surface area contributed by atoms with E-state index in [0.29, 0.717) is 24.6 Å². The van der Waals surface area contributed by atoms with Gasteiger partial charge in [-0.25, -0.2) is 9.48 Å². The highest BCUT2D eigenvalue weighted by Gasteiger charge is 2.19. The van der Waals surface area contributed by atoms with Crippen molar-refractivity contribution in [1.29, 1.82) is 0 Å². The van der Waals surface area contributed by atoms with Gasteiger partial charge in [-0.1, -0.05) is 37.5 Å². The zero-order valence-corrected chi connectivity index (χ0v) is 20.4. The van der Waals surface area contributed by atoms with Crippen molar-refractivity contribution in [2.45, 2.75) is 70.3 Å². The number of benzene rings is 2. The summed E-state index contributed by atoms with van der Waals surface area (Å²) in [6.07, 6.45) is 10.5. The van der Waals surface area contributed by atoms with Crippen molar-refractivity contribution >= 4 is 17.6 Å². The number of unbranched alkanes of at least 4 members (excludes halogenated alkanes) is 1. The number of anilines is 1. The van der Waals surface area contributed by atoms with E-state index in [1.54, 1.807) is 30.3 Å². The highest BCUT2D eigenvalue weighted by atomic mass is 16.5. The van der Waals surface area contributed by atoms with Crippen LogP contribution in [0.25, 0.3) is 0 Å². The minimum atomic E-state index is -0.879. The van der Waals surface area contributed by atoms with Gasteiger partial charge in [0, 0.05) is 18.5 Å². The fourth-order valence-corrected chi connectivity index (χ4v) is 4.59. The lowest BCUT2D eigenvalue weighted by atomic mass is 9.95. The molecule has 1 aromatic heterocycles. The lowest BCUT2D eigenvalue weighted by Crippen LogP contribution is -2.18. The molecule has 2 aliphatic rings. The number of ether oxygens (including phenoxy) is 1. The van der Waals surface area contributed by atoms with Crippen LogP contribution in [0, 0.1) is 0 Å². The Morgan fingerprint density at radius 2 is 1.86 bits per heavy atom. The zero-order chi connectivity index (χ0) is 25.2. The van der Waals surface area contributed by atoms with Crippen LogP contribution in [0.4, 0.5) is 5.69 Å². The first-order chi connectivity index (χ1) is 17.6. The van der Waals surface area contributed by atoms with Gasteiger partial charge in [-0.05, 0) is 78.4 Å². The van der Waals surface area contributed by atoms with Gasteiger partial charge in [0.2, 0.25) is 5.91 Å². The minimum Gasteiger partial charge on any atom is -0.494 e. The van der Waals surface area contributed by atoms with Crippen molar-refractivity contribution in [3.63, 3.8) is 0 Å². The molecule has 5 rings (SSSR count). The third kappa shape index (κ3) is 7.13. The molecular formula is C27H33N5O4. The van der Waals surface area contributed by atoms with Crippen LogP contribution in [0.3, 0.4) is 0 Å². The normalized spacial score (nSPS) is 15.3. The van der Waals surface area contributed by atoms with Gasteiger partial charge < -0.3 is 15.2 Å². The number of aromatic carboxylic acids is 1. The number of carbonyl (C=O) groups excluding carboxylic acids is 1. The van der Waals surface area contributed by atoms with E-state index in [2.05, 4.69) is 25.5 Å². The van der Waals surface area contributed by atoms with Crippen LogP contribution in [0.1, 0.15) is 79.2 Å². The molecule has 3 aromatic rings. The lowest BCUT2D eigenvalue weighted by Gasteiger charge is -2.22. The van der Waals surface area contributed by atoms with Gasteiger partial charge in [0.25, 0.3) is 0 Å². The molecule has 2 aromatic carbocycles. The van der Waals surface area contributed by atoms with E-state index in [0.717, 1.165) is 48.5 Å². The maximum absolute atomic E-state index is 11.4. The summed E-state index contributed by atoms with van der Waals surface area (Å²) < 4.78 is 7.95. The van der Waals surface area contributed by atoms with Crippen LogP contribution < -0.4 is 10.1 Å². The van der Waals surface area contributed by atoms with Gasteiger partial charge in [-0.15, -0.1) is 5.10 Å². The van der Waals surface area contributed by atoms with Crippen LogP contribution in [0.2, 0.25) is 0 Å². The predicted molar refractivity (Wildman–Crippen MR) is 135 cm³/mol. The first-order valence-corrected chi connectivity index (χ1v) is 12.7. The van der Waals surface area contributed by atoms with E-state index < -0.39 is 5.97 Å². The van der Waals surface area contributed by atoms with E-state index in [9.17, 15) is 9.59 Å². The number of aromatic nitrogens is 4. The van der Waals surface area contributed by atoms with Crippen molar-refractivity contribution in [2.24, 2.45) is 0 Å². The molecule has 0 saturated heterocycles. The van der Waals surface area contributed by atoms with Crippen molar-refractivity contribution in [1.82, 2.24) is 20.2 Å². The van der Waals surface area contributed by atoms with E-state index >= 15 is 0 Å². The number of nitrogens with zero attached hydrogens (tertiary/aromatic N) is 4. The molecule has 0 atom stereocenters. The van der Waals surface area contributed by atoms with Crippen LogP contribution in [0.15, 0.2) is 48.5 Å². The molecule has 1 aliphatic heterocycles. The standard InChI is InChI=1S/C20H27N5O2.C7H6O2/c26-20-12-9-15-14-17(10-11-18(15)21-20)27-13-5-4-8-19-22-23-24-25(19)16-6-2-1-3-7-16;8-7(9)6-4-2-1-3-5-6/h10-11,14,16H,1-9,12-13H2,(H,21,26);1-5H,(H,8,9). The van der Waals surface area contributed by atoms with Crippen molar-refractivity contribution < 1.29 is 19.4 Å². The predicted octanol–water partition coefficient (Wildman–Crippen LogP) is 4.85. The first-order valence-electron chi connectivity index (χ1n) is 12.7. The maximum atomic E-state index is 11.4. The van der Waals surface area contributed by atoms with Gasteiger partial charge >= 0.3 is 5.97 Å². The summed E-state index contributed by atoms with van der Waals surface area (Å²) in [4.78, 5) is 21.6. The van der Waals surface area contributed by atoms with Crippen LogP contribution in [-0.2, 0) is 17.6 Å². The highest BCUT2D eigenvalue weighted by molar-refractivity contribution is 5.94. The average molecular weight is 492 g/mol. The number of carboxylic acids is 1. The molecule has 1 fully saturated rings. The Bertz CT molecular complexity index is 1140. The monoisotopic (exact) mass is 491 g/mol. The largest absolute Gasteiger partial charge is 0.494 e. The molecule has 0 spiro atoms. The molecule has 36 heavy (non-hydrogen) atoms. The summed E-state index contributed by atoms with van der Waals surface area (Å²) >= 11 is 0. The number of amides is 1. The topological polar surface area (TPSA) is 119 Å². The third-order valence-electron chi connectivity index (χ3n) is 6.54. The summed E-state index contributed by atoms with van der Waals surface area (Å²) in [5, 5.41) is 23.6. The molecule has 1 saturated carbocycles. The summed E-state index contributed by atoms with van der Waals surface area (Å²) in [6, 6.07) is 14.7. The Morgan fingerprint density at radius 1 is 1.06 bits per heavy atom. The summed E-state index contributed by atoms with van der Waals surface area (Å²) in [6.45, 7) is 0.677. The summed E-state index contributed by atoms with van der Waals surface area (Å²) in [5.74, 6) is 1.09. The smallest absolute Gasteiger partial charge is 0.335 e. The molecule has 0 bridgehead atoms. The number of rotatable bonds is 8. The SMILES string of the molecule is O=C(O)c1ccccc1.O=C1CCc2cc(OCCCCc3nnnn3C3CCCCC3)ccc2N1. The fourth-order valence-electron chi connectivity index (χ4n) is 4.59. The molecule has 0 unspecified atom stereocenters. The minimum absolute atomic E-state index is 0.0896. The quantitative estimate of drug-likeness (QED) is 0.432. The summed E-state index contributed by atoms with van der Waals surface area (Å²) in [7, 11) is 0. The highest BCUT2D eigenvalue weighted by Crippen LogP contribution is 2.28. The van der Waals surface area contributed by atoms with Gasteiger partial charge in [-0.3, -0.25) is 4.79 Å². The van der Waals surface area contributed by atoms with E-state index in [1.807, 2.05) is 18.2 Å². The van der Waals surface area contributed by atoms with Crippen molar-refractivity contribution in [2.75, 3.05) is 11.9 Å². The fraction of sp³-hybridized carbons (Fsp3) is 0.444. The number of hydrogen-bond acceptors (Lipinski definition) is 6. The number of aryl methyl sites for hydroxylation is 2. The Morgan fingerprint density at radius 3 is 2.61 bits per heavy atom. The second-order valence-electron chi connectivity index (χ2n) is 9.18. The Kier molecular flexibility index (Phi) is 9.02. The average Bonchev–Trinajstić information content (AvgIpc) is 3.38. The van der Waals surface area contributed by atoms with Gasteiger partial charge in [-0.2, -0.15) is 0 Å². The van der Waals surface area contributed by atoms with E-state index in [4.69, 9.17) is 9.84 Å². The number of nitrogens with one attached hydrogen (secondary N) is 1. The molecule has 1 aliphatic carbocycles. The Balaban J connectivity index is 0.000000286. The number of carbonyl (C=O) groups is 2. The van der Waals surface area contributed by atoms with Crippen molar-refractivity contribution in [3.8, 4) is 5.75 Å². The zero-order valence-electron chi connectivity index (χ0n) is 20.4. The van der Waals surface area contributed by atoms with Crippen molar-refractivity contribution in [3.05, 3.63) is 65.5 Å². The summed E-state index contributed by atoms with van der Waals surface area (Å²) in [5.41, 5.74) is 2.39. The molecule has 0 radical (unpaired) electrons. The number of carboxylic acid groups (broad SMARTS) is 1. The van der Waals surface area contributed by atoms with Crippen LogP contribution in [-0.4, -0.2) is 43.8 Å². The Labute approximate surface area is 210 Å². The first kappa shape index (κ1) is 25.3. The molecule has 9 nitrogen and oxygen atoms in total. The Hall–Kier alpha value is -3.75. The third-order valence-corrected chi connectivity index (χ3v) is 6.54. The van der Waals surface area contributed by atoms with E-state index in [1.165, 1.54) is 32.1 Å². The molecule has 2 N–H and O–H groups in total. The van der Waals surface area contributed by atoms with Gasteiger partial charge in [0.1, 0.15) is 5.75 Å². The maximum Gasteiger partial charge on any atom is 0.335 e. The van der Waals surface area contributed by atoms with Crippen LogP contribution >= 0.6 is 0 Å². The lowest BCUT2D eigenvalue weighted by molar-refractivity contribution is -0.116.